The summed E-state index contributed by atoms with van der Waals surface area (Å²) in [6, 6.07) is 8.11. The Labute approximate surface area is 101 Å². The van der Waals surface area contributed by atoms with Crippen LogP contribution in [0.4, 0.5) is 0 Å². The van der Waals surface area contributed by atoms with Crippen LogP contribution in [0.5, 0.6) is 0 Å². The first-order valence-electron chi connectivity index (χ1n) is 4.68. The zero-order valence-corrected chi connectivity index (χ0v) is 10.4. The largest absolute Gasteiger partial charge is 0.143 e. The Morgan fingerprint density at radius 2 is 2.00 bits per heavy atom. The molecule has 15 heavy (non-hydrogen) atoms. The van der Waals surface area contributed by atoms with Gasteiger partial charge in [0.05, 0.1) is 0 Å². The van der Waals surface area contributed by atoms with E-state index in [0.29, 0.717) is 0 Å². The maximum absolute atomic E-state index is 4.25. The van der Waals surface area contributed by atoms with E-state index in [1.165, 1.54) is 9.80 Å². The predicted octanol–water partition coefficient (Wildman–Crippen LogP) is 4.71. The van der Waals surface area contributed by atoms with Gasteiger partial charge in [-0.1, -0.05) is 36.6 Å². The summed E-state index contributed by atoms with van der Waals surface area (Å²) in [7, 11) is 0. The Hall–Kier alpha value is -0.860. The maximum atomic E-state index is 4.25. The van der Waals surface area contributed by atoms with Gasteiger partial charge >= 0.3 is 0 Å². The molecule has 0 nitrogen and oxygen atoms in total. The number of hydrogen-bond acceptors (Lipinski definition) is 2. The number of hydrogen-bond donors (Lipinski definition) is 1. The molecule has 0 aliphatic carbocycles. The fourth-order valence-corrected chi connectivity index (χ4v) is 2.12. The van der Waals surface area contributed by atoms with Gasteiger partial charge in [-0.3, -0.25) is 0 Å². The third-order valence-corrected chi connectivity index (χ3v) is 3.00. The highest BCUT2D eigenvalue weighted by atomic mass is 32.2. The van der Waals surface area contributed by atoms with E-state index in [2.05, 4.69) is 37.4 Å². The van der Waals surface area contributed by atoms with Crippen molar-refractivity contribution in [3.05, 3.63) is 60.1 Å². The van der Waals surface area contributed by atoms with Gasteiger partial charge < -0.3 is 0 Å². The van der Waals surface area contributed by atoms with Crippen LogP contribution in [-0.4, -0.2) is 0 Å². The van der Waals surface area contributed by atoms with E-state index < -0.39 is 0 Å². The lowest BCUT2D eigenvalue weighted by Crippen LogP contribution is -1.73. The zero-order valence-electron chi connectivity index (χ0n) is 8.68. The molecule has 0 aliphatic heterocycles. The van der Waals surface area contributed by atoms with Crippen LogP contribution in [0.1, 0.15) is 6.92 Å². The molecule has 0 spiro atoms. The van der Waals surface area contributed by atoms with Crippen molar-refractivity contribution in [1.82, 2.24) is 0 Å². The summed E-state index contributed by atoms with van der Waals surface area (Å²) in [6.07, 6.45) is 7.89. The SMILES string of the molecule is C=C/C=C(\C=C/C)Sc1ccc(S)cc1. The van der Waals surface area contributed by atoms with Crippen LogP contribution < -0.4 is 0 Å². The molecule has 1 aromatic rings. The fourth-order valence-electron chi connectivity index (χ4n) is 1.05. The molecule has 0 fully saturated rings. The average molecular weight is 234 g/mol. The van der Waals surface area contributed by atoms with E-state index in [-0.39, 0.29) is 0 Å². The van der Waals surface area contributed by atoms with Crippen LogP contribution in [0, 0.1) is 0 Å². The summed E-state index contributed by atoms with van der Waals surface area (Å²) in [6.45, 7) is 5.71. The quantitative estimate of drug-likeness (QED) is 0.447. The van der Waals surface area contributed by atoms with E-state index in [1.54, 1.807) is 17.8 Å². The van der Waals surface area contributed by atoms with Gasteiger partial charge in [-0.15, -0.1) is 12.6 Å². The summed E-state index contributed by atoms with van der Waals surface area (Å²) in [5.41, 5.74) is 0. The molecule has 0 saturated heterocycles. The predicted molar refractivity (Wildman–Crippen MR) is 72.6 cm³/mol. The second-order valence-electron chi connectivity index (χ2n) is 2.90. The topological polar surface area (TPSA) is 0 Å². The molecule has 0 amide bonds. The standard InChI is InChI=1S/C13H14S2/c1-3-5-12(6-4-2)15-13-9-7-11(14)8-10-13/h3-10,14H,1H2,2H3/b6-4-,12-5+. The smallest absolute Gasteiger partial charge is 0.0123 e. The maximum Gasteiger partial charge on any atom is 0.0123 e. The molecule has 0 bridgehead atoms. The molecule has 2 heteroatoms. The molecule has 0 saturated carbocycles. The highest BCUT2D eigenvalue weighted by Crippen LogP contribution is 2.28. The molecule has 0 aliphatic rings. The van der Waals surface area contributed by atoms with Crippen LogP contribution in [-0.2, 0) is 0 Å². The highest BCUT2D eigenvalue weighted by Gasteiger charge is 1.96. The van der Waals surface area contributed by atoms with Gasteiger partial charge in [0.2, 0.25) is 0 Å². The minimum absolute atomic E-state index is 0.986. The second-order valence-corrected chi connectivity index (χ2v) is 4.56. The number of thiol groups is 1. The summed E-state index contributed by atoms with van der Waals surface area (Å²) in [5, 5.41) is 0. The van der Waals surface area contributed by atoms with Crippen LogP contribution in [0.2, 0.25) is 0 Å². The van der Waals surface area contributed by atoms with Crippen molar-refractivity contribution in [3.8, 4) is 0 Å². The van der Waals surface area contributed by atoms with E-state index in [1.807, 2.05) is 31.2 Å². The Morgan fingerprint density at radius 1 is 1.33 bits per heavy atom. The summed E-state index contributed by atoms with van der Waals surface area (Å²) >= 11 is 5.97. The molecule has 0 heterocycles. The average Bonchev–Trinajstić information content (AvgIpc) is 2.22. The van der Waals surface area contributed by atoms with E-state index >= 15 is 0 Å². The highest BCUT2D eigenvalue weighted by molar-refractivity contribution is 8.03. The molecule has 0 N–H and O–H groups in total. The molecule has 0 aromatic heterocycles. The molecule has 78 valence electrons. The van der Waals surface area contributed by atoms with E-state index in [4.69, 9.17) is 0 Å². The monoisotopic (exact) mass is 234 g/mol. The van der Waals surface area contributed by atoms with Crippen LogP contribution in [0.25, 0.3) is 0 Å². The van der Waals surface area contributed by atoms with Crippen LogP contribution >= 0.6 is 24.4 Å². The number of benzene rings is 1. The van der Waals surface area contributed by atoms with E-state index in [9.17, 15) is 0 Å². The minimum atomic E-state index is 0.986. The van der Waals surface area contributed by atoms with Crippen LogP contribution in [0.15, 0.2) is 69.8 Å². The van der Waals surface area contributed by atoms with Crippen LogP contribution in [0.3, 0.4) is 0 Å². The summed E-state index contributed by atoms with van der Waals surface area (Å²) in [4.78, 5) is 3.37. The number of allylic oxidation sites excluding steroid dienone is 4. The van der Waals surface area contributed by atoms with Crippen molar-refractivity contribution < 1.29 is 0 Å². The Bertz CT molecular complexity index is 372. The van der Waals surface area contributed by atoms with Gasteiger partial charge in [-0.2, -0.15) is 0 Å². The minimum Gasteiger partial charge on any atom is -0.143 e. The van der Waals surface area contributed by atoms with Crippen molar-refractivity contribution in [2.75, 3.05) is 0 Å². The first kappa shape index (κ1) is 12.2. The molecule has 0 atom stereocenters. The molecule has 0 unspecified atom stereocenters. The fraction of sp³-hybridized carbons (Fsp3) is 0.0769. The van der Waals surface area contributed by atoms with Gasteiger partial charge in [0.1, 0.15) is 0 Å². The Balaban J connectivity index is 2.78. The van der Waals surface area contributed by atoms with Gasteiger partial charge in [0.15, 0.2) is 0 Å². The van der Waals surface area contributed by atoms with Crippen molar-refractivity contribution >= 4 is 24.4 Å². The molecule has 1 aromatic carbocycles. The normalized spacial score (nSPS) is 12.0. The molecular formula is C13H14S2. The first-order valence-corrected chi connectivity index (χ1v) is 5.95. The van der Waals surface area contributed by atoms with Crippen molar-refractivity contribution in [1.29, 1.82) is 0 Å². The summed E-state index contributed by atoms with van der Waals surface area (Å²) < 4.78 is 0. The summed E-state index contributed by atoms with van der Waals surface area (Å²) in [5.74, 6) is 0. The van der Waals surface area contributed by atoms with Gasteiger partial charge in [-0.25, -0.2) is 0 Å². The van der Waals surface area contributed by atoms with Crippen molar-refractivity contribution in [2.45, 2.75) is 16.7 Å². The van der Waals surface area contributed by atoms with Crippen molar-refractivity contribution in [3.63, 3.8) is 0 Å². The molecule has 0 radical (unpaired) electrons. The third kappa shape index (κ3) is 4.45. The molecular weight excluding hydrogens is 220 g/mol. The Morgan fingerprint density at radius 3 is 2.53 bits per heavy atom. The van der Waals surface area contributed by atoms with Gasteiger partial charge in [0, 0.05) is 14.7 Å². The first-order chi connectivity index (χ1) is 7.26. The van der Waals surface area contributed by atoms with E-state index in [0.717, 1.165) is 4.90 Å². The lowest BCUT2D eigenvalue weighted by atomic mass is 10.4. The zero-order chi connectivity index (χ0) is 11.1. The lowest BCUT2D eigenvalue weighted by molar-refractivity contribution is 1.36. The molecule has 1 rings (SSSR count). The van der Waals surface area contributed by atoms with Gasteiger partial charge in [0.25, 0.3) is 0 Å². The third-order valence-electron chi connectivity index (χ3n) is 1.69. The second kappa shape index (κ2) is 6.59. The Kier molecular flexibility index (Phi) is 5.37. The van der Waals surface area contributed by atoms with Crippen molar-refractivity contribution in [2.24, 2.45) is 0 Å². The number of rotatable bonds is 4. The number of thioether (sulfide) groups is 1. The lowest BCUT2D eigenvalue weighted by Gasteiger charge is -2.01. The van der Waals surface area contributed by atoms with Gasteiger partial charge in [-0.05, 0) is 37.3 Å².